The van der Waals surface area contributed by atoms with E-state index in [4.69, 9.17) is 0 Å². The number of carbonyl (C=O) groups is 1. The molecule has 0 heterocycles. The van der Waals surface area contributed by atoms with Gasteiger partial charge in [-0.3, -0.25) is 0 Å². The average molecular weight is 625 g/mol. The molecule has 222 valence electrons. The minimum absolute atomic E-state index is 3.29. The molecule has 3 rings (SSSR count). The zero-order chi connectivity index (χ0) is 31.7. The highest BCUT2D eigenvalue weighted by Crippen LogP contribution is 2.30. The Morgan fingerprint density at radius 1 is 0.390 bits per heavy atom. The van der Waals surface area contributed by atoms with E-state index in [0.29, 0.717) is 0 Å². The summed E-state index contributed by atoms with van der Waals surface area (Å²) < 4.78 is 258. The second-order valence-electron chi connectivity index (χ2n) is 7.64. The van der Waals surface area contributed by atoms with Crippen LogP contribution in [0, 0.1) is 87.3 Å². The van der Waals surface area contributed by atoms with E-state index in [1.165, 1.54) is 0 Å². The van der Waals surface area contributed by atoms with Crippen LogP contribution in [0.25, 0.3) is 0 Å². The summed E-state index contributed by atoms with van der Waals surface area (Å²) in [4.78, 5) is 11.7. The van der Waals surface area contributed by atoms with E-state index in [0.717, 1.165) is 0 Å². The van der Waals surface area contributed by atoms with Gasteiger partial charge in [0.15, 0.2) is 52.4 Å². The van der Waals surface area contributed by atoms with Crippen molar-refractivity contribution < 1.29 is 88.5 Å². The molecule has 0 saturated carbocycles. The van der Waals surface area contributed by atoms with Crippen molar-refractivity contribution in [3.05, 3.63) is 87.3 Å². The number of alkyl halides is 3. The third-order valence-corrected chi connectivity index (χ3v) is 5.47. The lowest BCUT2D eigenvalue weighted by molar-refractivity contribution is -0.190. The Kier molecular flexibility index (Phi) is 7.74. The van der Waals surface area contributed by atoms with Gasteiger partial charge in [-0.15, -0.1) is 0 Å². The maximum atomic E-state index is 14.9. The molecule has 0 amide bonds. The van der Waals surface area contributed by atoms with Crippen LogP contribution in [0.3, 0.4) is 0 Å². The van der Waals surface area contributed by atoms with E-state index in [2.05, 4.69) is 4.65 Å². The number of hydrogen-bond acceptors (Lipinski definition) is 2. The number of hydrogen-bond donors (Lipinski definition) is 0. The van der Waals surface area contributed by atoms with Gasteiger partial charge in [-0.1, -0.05) is 16.4 Å². The van der Waals surface area contributed by atoms with Crippen molar-refractivity contribution in [2.45, 2.75) is 6.18 Å². The quantitative estimate of drug-likeness (QED) is 0.180. The molecule has 0 N–H and O–H groups in total. The summed E-state index contributed by atoms with van der Waals surface area (Å²) in [6.45, 7) is 0. The summed E-state index contributed by atoms with van der Waals surface area (Å²) in [6.07, 6.45) is -13.8. The Morgan fingerprint density at radius 2 is 0.561 bits per heavy atom. The average Bonchev–Trinajstić information content (AvgIpc) is 2.90. The third-order valence-electron chi connectivity index (χ3n) is 5.47. The molecule has 21 heteroatoms. The van der Waals surface area contributed by atoms with Crippen LogP contribution >= 0.6 is 0 Å². The SMILES string of the molecule is O=C(O[B-](c1c(F)c(F)c(F)c(F)c1F)(c1c(F)c(F)c(F)c(F)c1F)c1c(F)c(F)c(F)c(F)c1F)C(F)(F)F. The largest absolute Gasteiger partial charge is 0.669 e. The van der Waals surface area contributed by atoms with Crippen LogP contribution in [-0.2, 0) is 9.45 Å². The molecule has 0 spiro atoms. The molecule has 0 aliphatic carbocycles. The first kappa shape index (κ1) is 31.5. The Balaban J connectivity index is 2.93. The van der Waals surface area contributed by atoms with Crippen LogP contribution in [-0.4, -0.2) is 18.5 Å². The van der Waals surface area contributed by atoms with E-state index in [1.54, 1.807) is 0 Å². The Bertz CT molecular complexity index is 1380. The van der Waals surface area contributed by atoms with Crippen LogP contribution in [0.1, 0.15) is 0 Å². The Labute approximate surface area is 211 Å². The monoisotopic (exact) mass is 625 g/mol. The maximum absolute atomic E-state index is 14.9. The first-order valence-corrected chi connectivity index (χ1v) is 9.66. The molecule has 0 aliphatic heterocycles. The molecule has 3 aromatic rings. The van der Waals surface area contributed by atoms with Gasteiger partial charge in [-0.2, -0.15) is 13.2 Å². The maximum Gasteiger partial charge on any atom is 0.486 e. The number of benzene rings is 3. The minimum atomic E-state index is -7.09. The van der Waals surface area contributed by atoms with Crippen LogP contribution in [0.2, 0.25) is 0 Å². The van der Waals surface area contributed by atoms with Crippen molar-refractivity contribution >= 4 is 28.7 Å². The normalized spacial score (nSPS) is 12.2. The fourth-order valence-electron chi connectivity index (χ4n) is 3.77. The summed E-state index contributed by atoms with van der Waals surface area (Å²) in [5, 5.41) is 0. The van der Waals surface area contributed by atoms with Gasteiger partial charge in [0, 0.05) is 0 Å². The number of halogens is 18. The van der Waals surface area contributed by atoms with Crippen molar-refractivity contribution in [2.75, 3.05) is 0 Å². The van der Waals surface area contributed by atoms with Gasteiger partial charge in [0.2, 0.25) is 0 Å². The molecule has 0 aromatic heterocycles. The molecule has 0 unspecified atom stereocenters. The molecule has 2 nitrogen and oxygen atoms in total. The van der Waals surface area contributed by atoms with Gasteiger partial charge in [-0.05, 0) is 0 Å². The van der Waals surface area contributed by atoms with E-state index in [1.807, 2.05) is 0 Å². The van der Waals surface area contributed by atoms with Crippen molar-refractivity contribution in [3.8, 4) is 0 Å². The Hall–Kier alpha value is -4.07. The molecule has 0 aliphatic rings. The third kappa shape index (κ3) is 4.40. The van der Waals surface area contributed by atoms with E-state index < -0.39 is 122 Å². The fourth-order valence-corrected chi connectivity index (χ4v) is 3.77. The summed E-state index contributed by atoms with van der Waals surface area (Å²) in [5.41, 5.74) is -10.6. The van der Waals surface area contributed by atoms with Crippen LogP contribution in [0.5, 0.6) is 0 Å². The first-order chi connectivity index (χ1) is 18.7. The molecule has 41 heavy (non-hydrogen) atoms. The smallest absolute Gasteiger partial charge is 0.486 e. The second kappa shape index (κ2) is 10.1. The van der Waals surface area contributed by atoms with Crippen LogP contribution < -0.4 is 16.4 Å². The van der Waals surface area contributed by atoms with Crippen molar-refractivity contribution in [2.24, 2.45) is 0 Å². The lowest BCUT2D eigenvalue weighted by Gasteiger charge is -2.44. The van der Waals surface area contributed by atoms with Gasteiger partial charge in [0.25, 0.3) is 6.35 Å². The minimum Gasteiger partial charge on any atom is -0.669 e. The molecule has 0 fully saturated rings. The molecule has 0 atom stereocenters. The first-order valence-electron chi connectivity index (χ1n) is 9.66. The van der Waals surface area contributed by atoms with Crippen molar-refractivity contribution in [3.63, 3.8) is 0 Å². The van der Waals surface area contributed by atoms with Gasteiger partial charge in [-0.25, -0.2) is 70.7 Å². The van der Waals surface area contributed by atoms with Crippen molar-refractivity contribution in [1.82, 2.24) is 0 Å². The summed E-state index contributed by atoms with van der Waals surface area (Å²) >= 11 is 0. The van der Waals surface area contributed by atoms with Gasteiger partial charge in [0.1, 0.15) is 34.9 Å². The molecule has 0 bridgehead atoms. The Morgan fingerprint density at radius 3 is 0.732 bits per heavy atom. The summed E-state index contributed by atoms with van der Waals surface area (Å²) in [7, 11) is 0. The fraction of sp³-hybridized carbons (Fsp3) is 0.0500. The lowest BCUT2D eigenvalue weighted by atomic mass is 9.27. The lowest BCUT2D eigenvalue weighted by Crippen LogP contribution is -2.76. The van der Waals surface area contributed by atoms with Crippen LogP contribution in [0.4, 0.5) is 79.0 Å². The van der Waals surface area contributed by atoms with E-state index in [9.17, 15) is 83.8 Å². The van der Waals surface area contributed by atoms with E-state index >= 15 is 0 Å². The van der Waals surface area contributed by atoms with Gasteiger partial charge < -0.3 is 4.65 Å². The standard InChI is InChI=1S/C20BF18O2/c22-4-1(5(23)11(29)16(34)10(4)28)21(41-19(40)20(37,38)39,2-6(24)12(30)17(35)13(31)7(2)25)3-8(26)14(32)18(36)15(33)9(3)27/q-1. The molecular weight excluding hydrogens is 625 g/mol. The van der Waals surface area contributed by atoms with E-state index in [-0.39, 0.29) is 0 Å². The predicted octanol–water partition coefficient (Wildman–Crippen LogP) is 4.85. The predicted molar refractivity (Wildman–Crippen MR) is 95.5 cm³/mol. The van der Waals surface area contributed by atoms with Gasteiger partial charge >= 0.3 is 12.1 Å². The summed E-state index contributed by atoms with van der Waals surface area (Å²) in [6, 6.07) is 0. The van der Waals surface area contributed by atoms with Gasteiger partial charge in [0.05, 0.1) is 0 Å². The number of rotatable bonds is 4. The highest BCUT2D eigenvalue weighted by Gasteiger charge is 2.54. The molecule has 0 saturated heterocycles. The highest BCUT2D eigenvalue weighted by molar-refractivity contribution is 7.08. The van der Waals surface area contributed by atoms with Crippen molar-refractivity contribution in [1.29, 1.82) is 0 Å². The topological polar surface area (TPSA) is 26.3 Å². The molecular formula is C20BF18O2-. The van der Waals surface area contributed by atoms with Crippen LogP contribution in [0.15, 0.2) is 0 Å². The second-order valence-corrected chi connectivity index (χ2v) is 7.64. The number of carbonyl (C=O) groups excluding carboxylic acids is 1. The molecule has 0 radical (unpaired) electrons. The molecule has 3 aromatic carbocycles. The summed E-state index contributed by atoms with van der Waals surface area (Å²) in [5.74, 6) is -56.8. The zero-order valence-corrected chi connectivity index (χ0v) is 18.2. The highest BCUT2D eigenvalue weighted by atomic mass is 19.4. The zero-order valence-electron chi connectivity index (χ0n) is 18.2.